The van der Waals surface area contributed by atoms with E-state index in [0.29, 0.717) is 6.54 Å². The number of ether oxygens (including phenoxy) is 1. The van der Waals surface area contributed by atoms with Crippen LogP contribution in [0.5, 0.6) is 0 Å². The van der Waals surface area contributed by atoms with Crippen LogP contribution in [0.2, 0.25) is 0 Å². The van der Waals surface area contributed by atoms with Gasteiger partial charge in [0.05, 0.1) is 6.54 Å². The summed E-state index contributed by atoms with van der Waals surface area (Å²) < 4.78 is 5.33. The quantitative estimate of drug-likeness (QED) is 0.877. The Labute approximate surface area is 140 Å². The van der Waals surface area contributed by atoms with Gasteiger partial charge in [0.25, 0.3) is 0 Å². The molecule has 4 nitrogen and oxygen atoms in total. The molecule has 2 N–H and O–H groups in total. The molecule has 23 heavy (non-hydrogen) atoms. The Morgan fingerprint density at radius 2 is 2.00 bits per heavy atom. The van der Waals surface area contributed by atoms with E-state index in [1.165, 1.54) is 11.1 Å². The molecule has 0 aliphatic carbocycles. The minimum atomic E-state index is 0.0345. The summed E-state index contributed by atoms with van der Waals surface area (Å²) in [5.41, 5.74) is 2.51. The van der Waals surface area contributed by atoms with Crippen LogP contribution in [0, 0.1) is 12.3 Å². The van der Waals surface area contributed by atoms with Crippen LogP contribution in [0.4, 0.5) is 0 Å². The van der Waals surface area contributed by atoms with Crippen LogP contribution in [0.15, 0.2) is 24.3 Å². The van der Waals surface area contributed by atoms with Crippen LogP contribution < -0.4 is 10.6 Å². The fourth-order valence-electron chi connectivity index (χ4n) is 3.09. The largest absolute Gasteiger partial charge is 0.381 e. The highest BCUT2D eigenvalue weighted by Gasteiger charge is 2.27. The van der Waals surface area contributed by atoms with E-state index in [-0.39, 0.29) is 23.4 Å². The molecule has 0 radical (unpaired) electrons. The third-order valence-corrected chi connectivity index (χ3v) is 4.29. The molecule has 0 spiro atoms. The van der Waals surface area contributed by atoms with E-state index in [1.54, 1.807) is 0 Å². The molecule has 4 heteroatoms. The number of hydrogen-bond acceptors (Lipinski definition) is 3. The summed E-state index contributed by atoms with van der Waals surface area (Å²) in [6.07, 6.45) is 1.82. The standard InChI is InChI=1S/C19H30N2O2/c1-14-6-5-7-15(12-14)18(19(2,3)4)20-13-17(22)21-16-8-10-23-11-9-16/h5-7,12,16,18,20H,8-11,13H2,1-4H3,(H,21,22). The lowest BCUT2D eigenvalue weighted by atomic mass is 9.82. The van der Waals surface area contributed by atoms with Gasteiger partial charge in [0.2, 0.25) is 5.91 Å². The number of carbonyl (C=O) groups excluding carboxylic acids is 1. The molecular formula is C19H30N2O2. The summed E-state index contributed by atoms with van der Waals surface area (Å²) in [4.78, 5) is 12.2. The first-order valence-corrected chi connectivity index (χ1v) is 8.53. The summed E-state index contributed by atoms with van der Waals surface area (Å²) >= 11 is 0. The van der Waals surface area contributed by atoms with Gasteiger partial charge in [-0.15, -0.1) is 0 Å². The number of hydrogen-bond donors (Lipinski definition) is 2. The van der Waals surface area contributed by atoms with Crippen molar-refractivity contribution < 1.29 is 9.53 Å². The Morgan fingerprint density at radius 3 is 2.61 bits per heavy atom. The molecule has 1 aromatic rings. The van der Waals surface area contributed by atoms with Crippen molar-refractivity contribution in [2.24, 2.45) is 5.41 Å². The molecule has 1 heterocycles. The SMILES string of the molecule is Cc1cccc(C(NCC(=O)NC2CCOCC2)C(C)(C)C)c1. The maximum Gasteiger partial charge on any atom is 0.234 e. The molecule has 1 atom stereocenters. The maximum absolute atomic E-state index is 12.2. The molecule has 1 saturated heterocycles. The number of nitrogens with one attached hydrogen (secondary N) is 2. The molecule has 1 aliphatic rings. The minimum absolute atomic E-state index is 0.0345. The van der Waals surface area contributed by atoms with Crippen molar-refractivity contribution in [2.75, 3.05) is 19.8 Å². The van der Waals surface area contributed by atoms with Crippen molar-refractivity contribution in [2.45, 2.75) is 52.6 Å². The molecule has 1 aliphatic heterocycles. The molecule has 1 fully saturated rings. The number of rotatable bonds is 5. The highest BCUT2D eigenvalue weighted by atomic mass is 16.5. The molecule has 2 rings (SSSR count). The van der Waals surface area contributed by atoms with Crippen LogP contribution in [0.1, 0.15) is 50.8 Å². The van der Waals surface area contributed by atoms with Crippen LogP contribution in [0.3, 0.4) is 0 Å². The Balaban J connectivity index is 1.94. The normalized spacial score (nSPS) is 17.7. The fourth-order valence-corrected chi connectivity index (χ4v) is 3.09. The molecule has 1 unspecified atom stereocenters. The predicted molar refractivity (Wildman–Crippen MR) is 93.4 cm³/mol. The zero-order valence-corrected chi connectivity index (χ0v) is 14.8. The minimum Gasteiger partial charge on any atom is -0.381 e. The van der Waals surface area contributed by atoms with Crippen molar-refractivity contribution >= 4 is 5.91 Å². The van der Waals surface area contributed by atoms with E-state index >= 15 is 0 Å². The second-order valence-corrected chi connectivity index (χ2v) is 7.55. The fraction of sp³-hybridized carbons (Fsp3) is 0.632. The van der Waals surface area contributed by atoms with Crippen LogP contribution in [-0.4, -0.2) is 31.7 Å². The third kappa shape index (κ3) is 5.63. The summed E-state index contributed by atoms with van der Waals surface area (Å²) in [5.74, 6) is 0.0683. The highest BCUT2D eigenvalue weighted by molar-refractivity contribution is 5.78. The zero-order valence-electron chi connectivity index (χ0n) is 14.8. The maximum atomic E-state index is 12.2. The summed E-state index contributed by atoms with van der Waals surface area (Å²) in [7, 11) is 0. The number of aryl methyl sites for hydroxylation is 1. The number of benzene rings is 1. The van der Waals surface area contributed by atoms with Gasteiger partial charge in [0, 0.05) is 25.3 Å². The Hall–Kier alpha value is -1.39. The van der Waals surface area contributed by atoms with Gasteiger partial charge < -0.3 is 15.4 Å². The average Bonchev–Trinajstić information content (AvgIpc) is 2.47. The van der Waals surface area contributed by atoms with E-state index in [0.717, 1.165) is 26.1 Å². The van der Waals surface area contributed by atoms with Crippen LogP contribution >= 0.6 is 0 Å². The number of amides is 1. The Bertz CT molecular complexity index is 516. The zero-order chi connectivity index (χ0) is 16.9. The van der Waals surface area contributed by atoms with E-state index in [4.69, 9.17) is 4.74 Å². The van der Waals surface area contributed by atoms with Gasteiger partial charge in [-0.2, -0.15) is 0 Å². The molecule has 0 bridgehead atoms. The van der Waals surface area contributed by atoms with Crippen LogP contribution in [0.25, 0.3) is 0 Å². The van der Waals surface area contributed by atoms with Gasteiger partial charge in [0.15, 0.2) is 0 Å². The lowest BCUT2D eigenvalue weighted by Gasteiger charge is -2.32. The first-order valence-electron chi connectivity index (χ1n) is 8.53. The van der Waals surface area contributed by atoms with E-state index < -0.39 is 0 Å². The topological polar surface area (TPSA) is 50.4 Å². The summed E-state index contributed by atoms with van der Waals surface area (Å²) in [6.45, 7) is 10.5. The van der Waals surface area contributed by atoms with Gasteiger partial charge in [-0.1, -0.05) is 50.6 Å². The van der Waals surface area contributed by atoms with E-state index in [1.807, 2.05) is 0 Å². The van der Waals surface area contributed by atoms with E-state index in [2.05, 4.69) is 62.6 Å². The van der Waals surface area contributed by atoms with Crippen LogP contribution in [-0.2, 0) is 9.53 Å². The van der Waals surface area contributed by atoms with Gasteiger partial charge >= 0.3 is 0 Å². The van der Waals surface area contributed by atoms with Crippen molar-refractivity contribution in [3.05, 3.63) is 35.4 Å². The lowest BCUT2D eigenvalue weighted by molar-refractivity contribution is -0.121. The Kier molecular flexibility index (Phi) is 6.19. The lowest BCUT2D eigenvalue weighted by Crippen LogP contribution is -2.45. The summed E-state index contributed by atoms with van der Waals surface area (Å²) in [5, 5.41) is 6.56. The second-order valence-electron chi connectivity index (χ2n) is 7.55. The monoisotopic (exact) mass is 318 g/mol. The van der Waals surface area contributed by atoms with Crippen molar-refractivity contribution in [3.63, 3.8) is 0 Å². The Morgan fingerprint density at radius 1 is 1.30 bits per heavy atom. The molecule has 1 aromatic carbocycles. The summed E-state index contributed by atoms with van der Waals surface area (Å²) in [6, 6.07) is 8.90. The molecule has 128 valence electrons. The average molecular weight is 318 g/mol. The van der Waals surface area contributed by atoms with Crippen molar-refractivity contribution in [1.82, 2.24) is 10.6 Å². The second kappa shape index (κ2) is 7.93. The number of carbonyl (C=O) groups is 1. The highest BCUT2D eigenvalue weighted by Crippen LogP contribution is 2.32. The smallest absolute Gasteiger partial charge is 0.234 e. The molecule has 0 saturated carbocycles. The predicted octanol–water partition coefficient (Wildman–Crippen LogP) is 2.97. The third-order valence-electron chi connectivity index (χ3n) is 4.29. The van der Waals surface area contributed by atoms with E-state index in [9.17, 15) is 4.79 Å². The molecular weight excluding hydrogens is 288 g/mol. The van der Waals surface area contributed by atoms with Crippen molar-refractivity contribution in [1.29, 1.82) is 0 Å². The van der Waals surface area contributed by atoms with Crippen molar-refractivity contribution in [3.8, 4) is 0 Å². The van der Waals surface area contributed by atoms with Gasteiger partial charge in [-0.25, -0.2) is 0 Å². The first-order chi connectivity index (χ1) is 10.9. The first kappa shape index (κ1) is 18.0. The van der Waals surface area contributed by atoms with Gasteiger partial charge in [-0.05, 0) is 30.7 Å². The van der Waals surface area contributed by atoms with Gasteiger partial charge in [0.1, 0.15) is 0 Å². The van der Waals surface area contributed by atoms with Gasteiger partial charge in [-0.3, -0.25) is 4.79 Å². The molecule has 1 amide bonds. The molecule has 0 aromatic heterocycles.